The molecule has 7 heteroatoms. The maximum atomic E-state index is 12.2. The van der Waals surface area contributed by atoms with Crippen molar-refractivity contribution >= 4 is 23.2 Å². The summed E-state index contributed by atoms with van der Waals surface area (Å²) in [5.41, 5.74) is 0.919. The Morgan fingerprint density at radius 3 is 2.48 bits per heavy atom. The van der Waals surface area contributed by atoms with Crippen molar-refractivity contribution < 1.29 is 19.4 Å². The molecule has 1 amide bonds. The standard InChI is InChI=1S/C20H26N2O4S/c1-4-20(5-2,19(24)25)13-21-17(23)10-15-12-27-18(22-15)11-26-16-8-6-14(3)7-9-16/h6-9,12H,4-5,10-11,13H2,1-3H3,(H,21,23)(H,24,25). The monoisotopic (exact) mass is 390 g/mol. The van der Waals surface area contributed by atoms with Crippen molar-refractivity contribution in [3.8, 4) is 5.75 Å². The smallest absolute Gasteiger partial charge is 0.311 e. The number of ether oxygens (including phenoxy) is 1. The van der Waals surface area contributed by atoms with E-state index in [9.17, 15) is 14.7 Å². The van der Waals surface area contributed by atoms with Crippen molar-refractivity contribution in [3.05, 3.63) is 45.9 Å². The maximum absolute atomic E-state index is 12.2. The molecule has 2 rings (SSSR count). The zero-order chi connectivity index (χ0) is 19.9. The van der Waals surface area contributed by atoms with Crippen molar-refractivity contribution in [1.82, 2.24) is 10.3 Å². The van der Waals surface area contributed by atoms with Gasteiger partial charge in [-0.1, -0.05) is 31.5 Å². The number of hydrogen-bond acceptors (Lipinski definition) is 5. The third-order valence-corrected chi connectivity index (χ3v) is 5.63. The summed E-state index contributed by atoms with van der Waals surface area (Å²) in [7, 11) is 0. The lowest BCUT2D eigenvalue weighted by Crippen LogP contribution is -2.42. The maximum Gasteiger partial charge on any atom is 0.311 e. The van der Waals surface area contributed by atoms with E-state index < -0.39 is 11.4 Å². The summed E-state index contributed by atoms with van der Waals surface area (Å²) in [6.07, 6.45) is 1.07. The van der Waals surface area contributed by atoms with E-state index in [0.717, 1.165) is 10.8 Å². The molecule has 0 saturated carbocycles. The van der Waals surface area contributed by atoms with Crippen LogP contribution in [0.3, 0.4) is 0 Å². The first kappa shape index (κ1) is 20.9. The van der Waals surface area contributed by atoms with E-state index >= 15 is 0 Å². The van der Waals surface area contributed by atoms with Crippen molar-refractivity contribution in [2.75, 3.05) is 6.54 Å². The van der Waals surface area contributed by atoms with Crippen molar-refractivity contribution in [3.63, 3.8) is 0 Å². The molecular weight excluding hydrogens is 364 g/mol. The van der Waals surface area contributed by atoms with Gasteiger partial charge in [0.25, 0.3) is 0 Å². The SMILES string of the molecule is CCC(CC)(CNC(=O)Cc1csc(COc2ccc(C)cc2)n1)C(=O)O. The second-order valence-electron chi connectivity index (χ2n) is 6.58. The lowest BCUT2D eigenvalue weighted by atomic mass is 9.82. The number of aryl methyl sites for hydroxylation is 1. The van der Waals surface area contributed by atoms with Gasteiger partial charge in [-0.2, -0.15) is 0 Å². The van der Waals surface area contributed by atoms with Crippen LogP contribution < -0.4 is 10.1 Å². The molecule has 6 nitrogen and oxygen atoms in total. The summed E-state index contributed by atoms with van der Waals surface area (Å²) in [6, 6.07) is 7.79. The number of benzene rings is 1. The van der Waals surface area contributed by atoms with E-state index in [1.165, 1.54) is 16.9 Å². The highest BCUT2D eigenvalue weighted by Crippen LogP contribution is 2.25. The molecule has 0 aliphatic carbocycles. The van der Waals surface area contributed by atoms with Crippen LogP contribution in [0.4, 0.5) is 0 Å². The van der Waals surface area contributed by atoms with Gasteiger partial charge in [-0.3, -0.25) is 9.59 Å². The Bertz CT molecular complexity index is 767. The van der Waals surface area contributed by atoms with Gasteiger partial charge in [0, 0.05) is 11.9 Å². The third kappa shape index (κ3) is 5.79. The number of amides is 1. The highest BCUT2D eigenvalue weighted by atomic mass is 32.1. The summed E-state index contributed by atoms with van der Waals surface area (Å²) >= 11 is 1.44. The Morgan fingerprint density at radius 1 is 1.22 bits per heavy atom. The normalized spacial score (nSPS) is 11.2. The fourth-order valence-electron chi connectivity index (χ4n) is 2.65. The van der Waals surface area contributed by atoms with Crippen LogP contribution in [0.1, 0.15) is 43.0 Å². The molecule has 1 heterocycles. The Balaban J connectivity index is 1.84. The van der Waals surface area contributed by atoms with Gasteiger partial charge in [0.15, 0.2) is 0 Å². The molecule has 2 N–H and O–H groups in total. The minimum atomic E-state index is -0.912. The molecule has 0 unspecified atom stereocenters. The molecule has 0 aliphatic rings. The summed E-state index contributed by atoms with van der Waals surface area (Å²) in [5.74, 6) is -0.324. The van der Waals surface area contributed by atoms with Crippen LogP contribution in [-0.2, 0) is 22.6 Å². The van der Waals surface area contributed by atoms with Gasteiger partial charge in [0.05, 0.1) is 17.5 Å². The highest BCUT2D eigenvalue weighted by Gasteiger charge is 2.35. The van der Waals surface area contributed by atoms with Gasteiger partial charge in [-0.25, -0.2) is 4.98 Å². The molecule has 0 bridgehead atoms. The summed E-state index contributed by atoms with van der Waals surface area (Å²) < 4.78 is 5.70. The summed E-state index contributed by atoms with van der Waals surface area (Å²) in [6.45, 7) is 6.14. The zero-order valence-corrected chi connectivity index (χ0v) is 16.8. The molecule has 0 fully saturated rings. The topological polar surface area (TPSA) is 88.5 Å². The number of carboxylic acids is 1. The first-order valence-corrected chi connectivity index (χ1v) is 9.89. The largest absolute Gasteiger partial charge is 0.486 e. The van der Waals surface area contributed by atoms with E-state index in [0.29, 0.717) is 25.1 Å². The van der Waals surface area contributed by atoms with Crippen LogP contribution in [0.15, 0.2) is 29.6 Å². The average Bonchev–Trinajstić information content (AvgIpc) is 3.09. The second kappa shape index (κ2) is 9.50. The number of carbonyl (C=O) groups excluding carboxylic acids is 1. The van der Waals surface area contributed by atoms with Gasteiger partial charge in [-0.05, 0) is 31.9 Å². The van der Waals surface area contributed by atoms with Crippen molar-refractivity contribution in [2.45, 2.75) is 46.6 Å². The van der Waals surface area contributed by atoms with Crippen molar-refractivity contribution in [1.29, 1.82) is 0 Å². The first-order valence-electron chi connectivity index (χ1n) is 9.01. The molecule has 1 aromatic heterocycles. The molecule has 146 valence electrons. The van der Waals surface area contributed by atoms with Crippen LogP contribution in [-0.4, -0.2) is 28.5 Å². The quantitative estimate of drug-likeness (QED) is 0.647. The molecule has 0 atom stereocenters. The first-order chi connectivity index (χ1) is 12.9. The van der Waals surface area contributed by atoms with E-state index in [-0.39, 0.29) is 18.9 Å². The van der Waals surface area contributed by atoms with Crippen LogP contribution in [0.2, 0.25) is 0 Å². The molecule has 2 aromatic rings. The number of carboxylic acid groups (broad SMARTS) is 1. The van der Waals surface area contributed by atoms with E-state index in [1.54, 1.807) is 0 Å². The number of thiazole rings is 1. The van der Waals surface area contributed by atoms with E-state index in [2.05, 4.69) is 10.3 Å². The summed E-state index contributed by atoms with van der Waals surface area (Å²) in [5, 5.41) is 14.8. The van der Waals surface area contributed by atoms with Crippen molar-refractivity contribution in [2.24, 2.45) is 5.41 Å². The Hall–Kier alpha value is -2.41. The van der Waals surface area contributed by atoms with Gasteiger partial charge < -0.3 is 15.2 Å². The van der Waals surface area contributed by atoms with Gasteiger partial charge in [-0.15, -0.1) is 11.3 Å². The second-order valence-corrected chi connectivity index (χ2v) is 7.52. The number of nitrogens with one attached hydrogen (secondary N) is 1. The van der Waals surface area contributed by atoms with Gasteiger partial charge >= 0.3 is 5.97 Å². The van der Waals surface area contributed by atoms with Gasteiger partial charge in [0.1, 0.15) is 17.4 Å². The fourth-order valence-corrected chi connectivity index (χ4v) is 3.35. The predicted octanol–water partition coefficient (Wildman–Crippen LogP) is 3.58. The third-order valence-electron chi connectivity index (χ3n) is 4.76. The fraction of sp³-hybridized carbons (Fsp3) is 0.450. The molecular formula is C20H26N2O4S. The van der Waals surface area contributed by atoms with Crippen LogP contribution >= 0.6 is 11.3 Å². The molecule has 0 spiro atoms. The van der Waals surface area contributed by atoms with E-state index in [1.807, 2.05) is 50.4 Å². The average molecular weight is 391 g/mol. The molecule has 0 aliphatic heterocycles. The van der Waals surface area contributed by atoms with Gasteiger partial charge in [0.2, 0.25) is 5.91 Å². The van der Waals surface area contributed by atoms with Crippen LogP contribution in [0, 0.1) is 12.3 Å². The number of rotatable bonds is 10. The molecule has 27 heavy (non-hydrogen) atoms. The number of nitrogens with zero attached hydrogens (tertiary/aromatic N) is 1. The molecule has 0 radical (unpaired) electrons. The Kier molecular flexibility index (Phi) is 7.36. The van der Waals surface area contributed by atoms with Crippen LogP contribution in [0.25, 0.3) is 0 Å². The number of aliphatic carboxylic acids is 1. The minimum Gasteiger partial charge on any atom is -0.486 e. The van der Waals surface area contributed by atoms with Crippen LogP contribution in [0.5, 0.6) is 5.75 Å². The molecule has 1 aromatic carbocycles. The summed E-state index contributed by atoms with van der Waals surface area (Å²) in [4.78, 5) is 28.1. The lowest BCUT2D eigenvalue weighted by molar-refractivity contribution is -0.149. The number of hydrogen-bond donors (Lipinski definition) is 2. The minimum absolute atomic E-state index is 0.127. The predicted molar refractivity (Wildman–Crippen MR) is 105 cm³/mol. The Morgan fingerprint density at radius 2 is 1.89 bits per heavy atom. The zero-order valence-electron chi connectivity index (χ0n) is 15.9. The van der Waals surface area contributed by atoms with E-state index in [4.69, 9.17) is 4.74 Å². The highest BCUT2D eigenvalue weighted by molar-refractivity contribution is 7.09. The molecule has 0 saturated heterocycles. The number of aromatic nitrogens is 1. The number of carbonyl (C=O) groups is 2. The Labute approximate surface area is 163 Å². The lowest BCUT2D eigenvalue weighted by Gasteiger charge is -2.26.